The van der Waals surface area contributed by atoms with Crippen LogP contribution in [0.4, 0.5) is 0 Å². The van der Waals surface area contributed by atoms with E-state index in [1.165, 1.54) is 13.2 Å². The fourth-order valence-corrected chi connectivity index (χ4v) is 2.74. The molecule has 0 aliphatic carbocycles. The van der Waals surface area contributed by atoms with Crippen molar-refractivity contribution in [3.63, 3.8) is 0 Å². The van der Waals surface area contributed by atoms with Gasteiger partial charge in [0.2, 0.25) is 5.91 Å². The first-order valence-electron chi connectivity index (χ1n) is 8.75. The number of nitriles is 1. The van der Waals surface area contributed by atoms with E-state index in [-0.39, 0.29) is 18.6 Å². The van der Waals surface area contributed by atoms with Crippen molar-refractivity contribution in [2.45, 2.75) is 13.0 Å². The number of nitrogens with one attached hydrogen (secondary N) is 1. The van der Waals surface area contributed by atoms with E-state index >= 15 is 0 Å². The van der Waals surface area contributed by atoms with E-state index < -0.39 is 0 Å². The van der Waals surface area contributed by atoms with Crippen molar-refractivity contribution in [2.75, 3.05) is 13.7 Å². The lowest BCUT2D eigenvalue weighted by molar-refractivity contribution is -0.117. The van der Waals surface area contributed by atoms with E-state index in [2.05, 4.69) is 5.32 Å². The van der Waals surface area contributed by atoms with Crippen LogP contribution in [-0.4, -0.2) is 19.6 Å². The van der Waals surface area contributed by atoms with Crippen LogP contribution in [0.25, 0.3) is 17.0 Å². The summed E-state index contributed by atoms with van der Waals surface area (Å²) in [4.78, 5) is 12.2. The average Bonchev–Trinajstić information content (AvgIpc) is 3.15. The number of ether oxygens (including phenoxy) is 2. The number of amides is 1. The molecule has 142 valence electrons. The number of hydrogen-bond acceptors (Lipinski definition) is 5. The summed E-state index contributed by atoms with van der Waals surface area (Å²) in [6, 6.07) is 16.5. The van der Waals surface area contributed by atoms with Gasteiger partial charge in [-0.15, -0.1) is 0 Å². The molecule has 1 atom stereocenters. The van der Waals surface area contributed by atoms with Crippen LogP contribution in [0.15, 0.2) is 59.0 Å². The van der Waals surface area contributed by atoms with E-state index in [1.54, 1.807) is 24.3 Å². The molecule has 0 aliphatic rings. The first kappa shape index (κ1) is 19.1. The quantitative estimate of drug-likeness (QED) is 0.624. The molecule has 0 saturated heterocycles. The smallest absolute Gasteiger partial charge is 0.244 e. The van der Waals surface area contributed by atoms with Gasteiger partial charge < -0.3 is 19.2 Å². The minimum atomic E-state index is -0.263. The summed E-state index contributed by atoms with van der Waals surface area (Å²) >= 11 is 0. The van der Waals surface area contributed by atoms with E-state index in [4.69, 9.17) is 19.2 Å². The van der Waals surface area contributed by atoms with E-state index in [1.807, 2.05) is 43.3 Å². The SMILES string of the molecule is COc1cc(/C=C/C(=O)N[C@H](C)c2cc3ccccc3o2)ccc1OCC#N. The lowest BCUT2D eigenvalue weighted by Crippen LogP contribution is -2.24. The summed E-state index contributed by atoms with van der Waals surface area (Å²) < 4.78 is 16.3. The minimum absolute atomic E-state index is 0.0619. The maximum atomic E-state index is 12.2. The molecule has 2 aromatic carbocycles. The molecule has 0 radical (unpaired) electrons. The van der Waals surface area contributed by atoms with Crippen molar-refractivity contribution < 1.29 is 18.7 Å². The number of carbonyl (C=O) groups is 1. The predicted octanol–water partition coefficient (Wildman–Crippen LogP) is 4.23. The Labute approximate surface area is 163 Å². The number of benzene rings is 2. The van der Waals surface area contributed by atoms with E-state index in [9.17, 15) is 4.79 Å². The highest BCUT2D eigenvalue weighted by atomic mass is 16.5. The average molecular weight is 376 g/mol. The number of furan rings is 1. The topological polar surface area (TPSA) is 84.5 Å². The molecule has 0 spiro atoms. The monoisotopic (exact) mass is 376 g/mol. The summed E-state index contributed by atoms with van der Waals surface area (Å²) in [5, 5.41) is 12.5. The number of hydrogen-bond donors (Lipinski definition) is 1. The van der Waals surface area contributed by atoms with Gasteiger partial charge in [-0.25, -0.2) is 0 Å². The molecule has 0 fully saturated rings. The summed E-state index contributed by atoms with van der Waals surface area (Å²) in [5.41, 5.74) is 1.56. The Hall–Kier alpha value is -3.72. The highest BCUT2D eigenvalue weighted by Crippen LogP contribution is 2.28. The number of para-hydroxylation sites is 1. The van der Waals surface area contributed by atoms with Gasteiger partial charge in [-0.3, -0.25) is 4.79 Å². The zero-order chi connectivity index (χ0) is 19.9. The Balaban J connectivity index is 1.65. The Morgan fingerprint density at radius 3 is 2.82 bits per heavy atom. The summed E-state index contributed by atoms with van der Waals surface area (Å²) in [6.45, 7) is 1.81. The Morgan fingerprint density at radius 2 is 2.07 bits per heavy atom. The molecule has 3 aromatic rings. The maximum Gasteiger partial charge on any atom is 0.244 e. The number of carbonyl (C=O) groups excluding carboxylic acids is 1. The Kier molecular flexibility index (Phi) is 5.97. The normalized spacial score (nSPS) is 11.9. The van der Waals surface area contributed by atoms with Crippen LogP contribution in [-0.2, 0) is 4.79 Å². The van der Waals surface area contributed by atoms with Gasteiger partial charge in [0.05, 0.1) is 13.2 Å². The third kappa shape index (κ3) is 4.51. The first-order valence-corrected chi connectivity index (χ1v) is 8.75. The molecule has 1 N–H and O–H groups in total. The molecule has 1 amide bonds. The molecule has 1 heterocycles. The number of fused-ring (bicyclic) bond motifs is 1. The maximum absolute atomic E-state index is 12.2. The summed E-state index contributed by atoms with van der Waals surface area (Å²) in [7, 11) is 1.52. The fraction of sp³-hybridized carbons (Fsp3) is 0.182. The lowest BCUT2D eigenvalue weighted by Gasteiger charge is -2.10. The van der Waals surface area contributed by atoms with Crippen molar-refractivity contribution in [3.8, 4) is 17.6 Å². The van der Waals surface area contributed by atoms with Crippen molar-refractivity contribution in [1.29, 1.82) is 5.26 Å². The summed E-state index contributed by atoms with van der Waals surface area (Å²) in [5.74, 6) is 1.43. The second-order valence-electron chi connectivity index (χ2n) is 6.11. The zero-order valence-electron chi connectivity index (χ0n) is 15.6. The van der Waals surface area contributed by atoms with Crippen LogP contribution in [0.2, 0.25) is 0 Å². The molecule has 28 heavy (non-hydrogen) atoms. The van der Waals surface area contributed by atoms with Crippen LogP contribution in [0, 0.1) is 11.3 Å². The molecule has 6 nitrogen and oxygen atoms in total. The van der Waals surface area contributed by atoms with Crippen LogP contribution in [0.1, 0.15) is 24.3 Å². The second-order valence-corrected chi connectivity index (χ2v) is 6.11. The van der Waals surface area contributed by atoms with Gasteiger partial charge in [0.15, 0.2) is 18.1 Å². The van der Waals surface area contributed by atoms with E-state index in [0.717, 1.165) is 16.5 Å². The number of nitrogens with zero attached hydrogens (tertiary/aromatic N) is 1. The molecular weight excluding hydrogens is 356 g/mol. The third-order valence-electron chi connectivity index (χ3n) is 4.14. The molecule has 1 aromatic heterocycles. The standard InChI is InChI=1S/C22H20N2O4/c1-15(20-14-17-5-3-4-6-18(17)28-20)24-22(25)10-8-16-7-9-19(27-12-11-23)21(13-16)26-2/h3-10,13-15H,12H2,1-2H3,(H,24,25)/b10-8+/t15-/m1/s1. The second kappa shape index (κ2) is 8.78. The third-order valence-corrected chi connectivity index (χ3v) is 4.14. The lowest BCUT2D eigenvalue weighted by atomic mass is 10.1. The summed E-state index contributed by atoms with van der Waals surface area (Å²) in [6.07, 6.45) is 3.13. The molecule has 3 rings (SSSR count). The van der Waals surface area contributed by atoms with E-state index in [0.29, 0.717) is 17.3 Å². The molecule has 0 bridgehead atoms. The van der Waals surface area contributed by atoms with Gasteiger partial charge in [0.1, 0.15) is 17.4 Å². The van der Waals surface area contributed by atoms with Gasteiger partial charge in [-0.2, -0.15) is 5.26 Å². The van der Waals surface area contributed by atoms with Crippen molar-refractivity contribution in [2.24, 2.45) is 0 Å². The van der Waals surface area contributed by atoms with Crippen molar-refractivity contribution in [1.82, 2.24) is 5.32 Å². The number of rotatable bonds is 7. The Bertz CT molecular complexity index is 1010. The molecule has 0 saturated carbocycles. The highest BCUT2D eigenvalue weighted by molar-refractivity contribution is 5.92. The van der Waals surface area contributed by atoms with Crippen molar-refractivity contribution >= 4 is 23.0 Å². The van der Waals surface area contributed by atoms with Gasteiger partial charge in [0, 0.05) is 11.5 Å². The molecule has 0 aliphatic heterocycles. The van der Waals surface area contributed by atoms with Gasteiger partial charge in [-0.05, 0) is 42.8 Å². The largest absolute Gasteiger partial charge is 0.493 e. The van der Waals surface area contributed by atoms with Gasteiger partial charge >= 0.3 is 0 Å². The van der Waals surface area contributed by atoms with Crippen molar-refractivity contribution in [3.05, 3.63) is 65.9 Å². The van der Waals surface area contributed by atoms with Crippen LogP contribution >= 0.6 is 0 Å². The molecular formula is C22H20N2O4. The van der Waals surface area contributed by atoms with Crippen LogP contribution in [0.5, 0.6) is 11.5 Å². The Morgan fingerprint density at radius 1 is 1.25 bits per heavy atom. The number of methoxy groups -OCH3 is 1. The van der Waals surface area contributed by atoms with Gasteiger partial charge in [0.25, 0.3) is 0 Å². The highest BCUT2D eigenvalue weighted by Gasteiger charge is 2.13. The van der Waals surface area contributed by atoms with Crippen LogP contribution in [0.3, 0.4) is 0 Å². The predicted molar refractivity (Wildman–Crippen MR) is 106 cm³/mol. The molecule has 0 unspecified atom stereocenters. The zero-order valence-corrected chi connectivity index (χ0v) is 15.6. The first-order chi connectivity index (χ1) is 13.6. The fourth-order valence-electron chi connectivity index (χ4n) is 2.74. The minimum Gasteiger partial charge on any atom is -0.493 e. The van der Waals surface area contributed by atoms with Gasteiger partial charge in [-0.1, -0.05) is 24.3 Å². The molecule has 6 heteroatoms. The van der Waals surface area contributed by atoms with Crippen LogP contribution < -0.4 is 14.8 Å².